The second-order valence-corrected chi connectivity index (χ2v) is 6.66. The van der Waals surface area contributed by atoms with Gasteiger partial charge in [0.2, 0.25) is 0 Å². The molecular formula is C23H29NO3. The fourth-order valence-electron chi connectivity index (χ4n) is 2.91. The zero-order chi connectivity index (χ0) is 19.5. The van der Waals surface area contributed by atoms with E-state index in [1.54, 1.807) is 13.0 Å². The highest BCUT2D eigenvalue weighted by Gasteiger charge is 2.18. The van der Waals surface area contributed by atoms with E-state index in [2.05, 4.69) is 43.0 Å². The van der Waals surface area contributed by atoms with Crippen LogP contribution in [0.15, 0.2) is 67.3 Å². The summed E-state index contributed by atoms with van der Waals surface area (Å²) in [6, 6.07) is 18.1. The molecule has 4 heteroatoms. The number of carboxylic acid groups (broad SMARTS) is 1. The lowest BCUT2D eigenvalue weighted by atomic mass is 10.1. The molecule has 0 aromatic heterocycles. The molecule has 0 amide bonds. The molecule has 0 aliphatic rings. The van der Waals surface area contributed by atoms with Crippen molar-refractivity contribution in [2.75, 3.05) is 19.7 Å². The highest BCUT2D eigenvalue weighted by atomic mass is 16.5. The SMILES string of the molecule is C=CCN(CCCCOc1ccc(Cc2ccccc2)cc1)C(C)C(=O)O. The van der Waals surface area contributed by atoms with E-state index in [4.69, 9.17) is 9.84 Å². The van der Waals surface area contributed by atoms with Crippen molar-refractivity contribution < 1.29 is 14.6 Å². The maximum absolute atomic E-state index is 11.1. The summed E-state index contributed by atoms with van der Waals surface area (Å²) in [6.07, 6.45) is 4.43. The lowest BCUT2D eigenvalue weighted by Gasteiger charge is -2.24. The summed E-state index contributed by atoms with van der Waals surface area (Å²) in [5.74, 6) is 0.0670. The highest BCUT2D eigenvalue weighted by Crippen LogP contribution is 2.15. The van der Waals surface area contributed by atoms with E-state index in [-0.39, 0.29) is 0 Å². The number of carbonyl (C=O) groups is 1. The first kappa shape index (κ1) is 20.7. The van der Waals surface area contributed by atoms with E-state index in [0.717, 1.165) is 31.6 Å². The Morgan fingerprint density at radius 1 is 1.11 bits per heavy atom. The smallest absolute Gasteiger partial charge is 0.320 e. The van der Waals surface area contributed by atoms with Crippen LogP contribution in [-0.2, 0) is 11.2 Å². The Kier molecular flexibility index (Phi) is 8.59. The van der Waals surface area contributed by atoms with Gasteiger partial charge in [-0.2, -0.15) is 0 Å². The van der Waals surface area contributed by atoms with Gasteiger partial charge in [-0.25, -0.2) is 0 Å². The summed E-state index contributed by atoms with van der Waals surface area (Å²) in [6.45, 7) is 7.34. The van der Waals surface area contributed by atoms with Crippen molar-refractivity contribution in [1.29, 1.82) is 0 Å². The van der Waals surface area contributed by atoms with Gasteiger partial charge in [-0.05, 0) is 56.0 Å². The van der Waals surface area contributed by atoms with Crippen LogP contribution in [0.1, 0.15) is 30.9 Å². The molecule has 1 atom stereocenters. The standard InChI is InChI=1S/C23H29NO3/c1-3-15-24(19(2)23(25)26)16-7-8-17-27-22-13-11-21(12-14-22)18-20-9-5-4-6-10-20/h3-6,9-14,19H,1,7-8,15-18H2,2H3,(H,25,26). The van der Waals surface area contributed by atoms with E-state index in [1.807, 2.05) is 23.1 Å². The molecule has 0 aliphatic heterocycles. The van der Waals surface area contributed by atoms with Gasteiger partial charge in [0, 0.05) is 6.54 Å². The molecular weight excluding hydrogens is 338 g/mol. The minimum atomic E-state index is -0.802. The number of aliphatic carboxylic acids is 1. The Bertz CT molecular complexity index is 697. The highest BCUT2D eigenvalue weighted by molar-refractivity contribution is 5.72. The largest absolute Gasteiger partial charge is 0.494 e. The van der Waals surface area contributed by atoms with Gasteiger partial charge in [-0.3, -0.25) is 9.69 Å². The minimum absolute atomic E-state index is 0.499. The number of hydrogen-bond acceptors (Lipinski definition) is 3. The minimum Gasteiger partial charge on any atom is -0.494 e. The van der Waals surface area contributed by atoms with Gasteiger partial charge in [0.1, 0.15) is 11.8 Å². The molecule has 0 fully saturated rings. The Balaban J connectivity index is 1.70. The molecule has 1 unspecified atom stereocenters. The molecule has 0 saturated heterocycles. The van der Waals surface area contributed by atoms with Crippen molar-refractivity contribution in [3.05, 3.63) is 78.4 Å². The number of unbranched alkanes of at least 4 members (excludes halogenated alkanes) is 1. The van der Waals surface area contributed by atoms with E-state index in [1.165, 1.54) is 11.1 Å². The topological polar surface area (TPSA) is 49.8 Å². The fraction of sp³-hybridized carbons (Fsp3) is 0.348. The Morgan fingerprint density at radius 2 is 1.78 bits per heavy atom. The van der Waals surface area contributed by atoms with Crippen molar-refractivity contribution in [3.63, 3.8) is 0 Å². The van der Waals surface area contributed by atoms with Crippen LogP contribution in [0, 0.1) is 0 Å². The van der Waals surface area contributed by atoms with Gasteiger partial charge >= 0.3 is 5.97 Å². The number of hydrogen-bond donors (Lipinski definition) is 1. The van der Waals surface area contributed by atoms with Crippen LogP contribution in [0.4, 0.5) is 0 Å². The molecule has 2 aromatic carbocycles. The zero-order valence-corrected chi connectivity index (χ0v) is 16.0. The molecule has 4 nitrogen and oxygen atoms in total. The number of nitrogens with zero attached hydrogens (tertiary/aromatic N) is 1. The number of carboxylic acids is 1. The molecule has 0 bridgehead atoms. The summed E-state index contributed by atoms with van der Waals surface area (Å²) in [4.78, 5) is 13.0. The first-order chi connectivity index (χ1) is 13.1. The molecule has 0 aliphatic carbocycles. The maximum Gasteiger partial charge on any atom is 0.320 e. The lowest BCUT2D eigenvalue weighted by molar-refractivity contribution is -0.142. The van der Waals surface area contributed by atoms with Crippen LogP contribution in [0.2, 0.25) is 0 Å². The third-order valence-corrected chi connectivity index (χ3v) is 4.55. The van der Waals surface area contributed by atoms with Gasteiger partial charge in [-0.1, -0.05) is 48.5 Å². The third-order valence-electron chi connectivity index (χ3n) is 4.55. The Labute approximate surface area is 162 Å². The summed E-state index contributed by atoms with van der Waals surface area (Å²) >= 11 is 0. The molecule has 0 radical (unpaired) electrons. The number of benzene rings is 2. The predicted molar refractivity (Wildman–Crippen MR) is 109 cm³/mol. The van der Waals surface area contributed by atoms with Gasteiger partial charge in [0.15, 0.2) is 0 Å². The molecule has 0 saturated carbocycles. The van der Waals surface area contributed by atoms with Gasteiger partial charge in [0.25, 0.3) is 0 Å². The summed E-state index contributed by atoms with van der Waals surface area (Å²) in [5, 5.41) is 9.15. The van der Waals surface area contributed by atoms with Crippen molar-refractivity contribution in [3.8, 4) is 5.75 Å². The molecule has 0 spiro atoms. The maximum atomic E-state index is 11.1. The predicted octanol–water partition coefficient (Wildman–Crippen LogP) is 4.40. The molecule has 27 heavy (non-hydrogen) atoms. The first-order valence-corrected chi connectivity index (χ1v) is 9.43. The van der Waals surface area contributed by atoms with Crippen LogP contribution in [0.3, 0.4) is 0 Å². The van der Waals surface area contributed by atoms with Crippen molar-refractivity contribution in [2.45, 2.75) is 32.2 Å². The lowest BCUT2D eigenvalue weighted by Crippen LogP contribution is -2.39. The molecule has 144 valence electrons. The van der Waals surface area contributed by atoms with Crippen molar-refractivity contribution in [1.82, 2.24) is 4.90 Å². The van der Waals surface area contributed by atoms with Gasteiger partial charge < -0.3 is 9.84 Å². The van der Waals surface area contributed by atoms with Crippen LogP contribution in [-0.4, -0.2) is 41.7 Å². The first-order valence-electron chi connectivity index (χ1n) is 9.43. The summed E-state index contributed by atoms with van der Waals surface area (Å²) in [5.41, 5.74) is 2.56. The van der Waals surface area contributed by atoms with Crippen LogP contribution < -0.4 is 4.74 Å². The second kappa shape index (κ2) is 11.2. The molecule has 2 aromatic rings. The van der Waals surface area contributed by atoms with E-state index in [9.17, 15) is 4.79 Å². The number of ether oxygens (including phenoxy) is 1. The molecule has 0 heterocycles. The quantitative estimate of drug-likeness (QED) is 0.446. The van der Waals surface area contributed by atoms with Gasteiger partial charge in [-0.15, -0.1) is 6.58 Å². The summed E-state index contributed by atoms with van der Waals surface area (Å²) in [7, 11) is 0. The van der Waals surface area contributed by atoms with Crippen LogP contribution >= 0.6 is 0 Å². The number of rotatable bonds is 12. The zero-order valence-electron chi connectivity index (χ0n) is 16.0. The van der Waals surface area contributed by atoms with E-state index in [0.29, 0.717) is 13.2 Å². The van der Waals surface area contributed by atoms with Gasteiger partial charge in [0.05, 0.1) is 6.61 Å². The fourth-order valence-corrected chi connectivity index (χ4v) is 2.91. The summed E-state index contributed by atoms with van der Waals surface area (Å²) < 4.78 is 5.81. The third kappa shape index (κ3) is 7.27. The molecule has 1 N–H and O–H groups in total. The van der Waals surface area contributed by atoms with Crippen LogP contribution in [0.5, 0.6) is 5.75 Å². The average molecular weight is 367 g/mol. The van der Waals surface area contributed by atoms with E-state index < -0.39 is 12.0 Å². The van der Waals surface area contributed by atoms with E-state index >= 15 is 0 Å². The second-order valence-electron chi connectivity index (χ2n) is 6.66. The Morgan fingerprint density at radius 3 is 2.41 bits per heavy atom. The normalized spacial score (nSPS) is 11.9. The Hall–Kier alpha value is -2.59. The average Bonchev–Trinajstić information content (AvgIpc) is 2.68. The van der Waals surface area contributed by atoms with Crippen LogP contribution in [0.25, 0.3) is 0 Å². The van der Waals surface area contributed by atoms with Crippen molar-refractivity contribution in [2.24, 2.45) is 0 Å². The monoisotopic (exact) mass is 367 g/mol. The van der Waals surface area contributed by atoms with Crippen molar-refractivity contribution >= 4 is 5.97 Å². The molecule has 2 rings (SSSR count).